The zero-order valence-electron chi connectivity index (χ0n) is 8.12. The number of halogens is 1. The summed E-state index contributed by atoms with van der Waals surface area (Å²) in [5.74, 6) is 0.456. The van der Waals surface area contributed by atoms with Gasteiger partial charge in [-0.05, 0) is 19.3 Å². The van der Waals surface area contributed by atoms with E-state index in [2.05, 4.69) is 10.2 Å². The Morgan fingerprint density at radius 2 is 2.14 bits per heavy atom. The van der Waals surface area contributed by atoms with E-state index in [4.69, 9.17) is 16.3 Å². The minimum absolute atomic E-state index is 0.0448. The molecule has 1 aromatic rings. The quantitative estimate of drug-likeness (QED) is 0.748. The summed E-state index contributed by atoms with van der Waals surface area (Å²) < 4.78 is 5.53. The molecule has 0 amide bonds. The van der Waals surface area contributed by atoms with Crippen molar-refractivity contribution in [2.24, 2.45) is 0 Å². The van der Waals surface area contributed by atoms with Crippen molar-refractivity contribution in [2.45, 2.75) is 37.2 Å². The Hall–Kier alpha value is -0.190. The zero-order valence-corrected chi connectivity index (χ0v) is 9.70. The van der Waals surface area contributed by atoms with Crippen LogP contribution in [0, 0.1) is 0 Å². The van der Waals surface area contributed by atoms with Crippen LogP contribution in [0.5, 0.6) is 0 Å². The summed E-state index contributed by atoms with van der Waals surface area (Å²) in [7, 11) is 1.78. The molecule has 3 nitrogen and oxygen atoms in total. The van der Waals surface area contributed by atoms with Crippen LogP contribution in [-0.2, 0) is 17.0 Å². The number of rotatable bonds is 4. The lowest BCUT2D eigenvalue weighted by atomic mass is 9.78. The molecule has 0 spiro atoms. The molecule has 0 aromatic carbocycles. The highest BCUT2D eigenvalue weighted by molar-refractivity contribution is 7.11. The average Bonchev–Trinajstić information content (AvgIpc) is 2.59. The molecule has 0 N–H and O–H groups in total. The summed E-state index contributed by atoms with van der Waals surface area (Å²) in [6.07, 6.45) is 4.42. The monoisotopic (exact) mass is 232 g/mol. The third-order valence-electron chi connectivity index (χ3n) is 2.79. The van der Waals surface area contributed by atoms with Gasteiger partial charge in [0.15, 0.2) is 0 Å². The van der Waals surface area contributed by atoms with Crippen molar-refractivity contribution in [1.82, 2.24) is 10.2 Å². The molecule has 1 saturated carbocycles. The molecular weight excluding hydrogens is 220 g/mol. The van der Waals surface area contributed by atoms with Gasteiger partial charge in [0.25, 0.3) is 0 Å². The molecule has 0 unspecified atom stereocenters. The molecule has 78 valence electrons. The van der Waals surface area contributed by atoms with Crippen LogP contribution < -0.4 is 0 Å². The van der Waals surface area contributed by atoms with Gasteiger partial charge in [0.2, 0.25) is 0 Å². The summed E-state index contributed by atoms with van der Waals surface area (Å²) in [5, 5.41) is 10.0. The Labute approximate surface area is 92.4 Å². The van der Waals surface area contributed by atoms with E-state index in [1.54, 1.807) is 18.4 Å². The van der Waals surface area contributed by atoms with E-state index in [9.17, 15) is 0 Å². The number of aromatic nitrogens is 2. The second-order valence-electron chi connectivity index (χ2n) is 3.64. The van der Waals surface area contributed by atoms with E-state index in [-0.39, 0.29) is 5.60 Å². The summed E-state index contributed by atoms with van der Waals surface area (Å²) in [4.78, 5) is 0. The second kappa shape index (κ2) is 4.13. The van der Waals surface area contributed by atoms with Gasteiger partial charge >= 0.3 is 0 Å². The summed E-state index contributed by atoms with van der Waals surface area (Å²) >= 11 is 7.26. The second-order valence-corrected chi connectivity index (χ2v) is 5.05. The topological polar surface area (TPSA) is 35.0 Å². The van der Waals surface area contributed by atoms with Gasteiger partial charge in [-0.1, -0.05) is 0 Å². The highest BCUT2D eigenvalue weighted by atomic mass is 35.5. The van der Waals surface area contributed by atoms with Crippen molar-refractivity contribution in [3.63, 3.8) is 0 Å². The van der Waals surface area contributed by atoms with E-state index in [1.807, 2.05) is 0 Å². The van der Waals surface area contributed by atoms with Crippen molar-refractivity contribution in [3.8, 4) is 0 Å². The molecular formula is C9H13ClN2OS. The molecule has 0 radical (unpaired) electrons. The van der Waals surface area contributed by atoms with E-state index in [1.165, 1.54) is 6.42 Å². The van der Waals surface area contributed by atoms with Gasteiger partial charge in [0, 0.05) is 13.5 Å². The summed E-state index contributed by atoms with van der Waals surface area (Å²) in [6.45, 7) is 0. The first-order valence-electron chi connectivity index (χ1n) is 4.70. The number of ether oxygens (including phenoxy) is 1. The predicted molar refractivity (Wildman–Crippen MR) is 56.8 cm³/mol. The third-order valence-corrected chi connectivity index (χ3v) is 4.13. The maximum absolute atomic E-state index is 5.67. The SMILES string of the molecule is COC1(Cc2nnc(CCl)s2)CCC1. The van der Waals surface area contributed by atoms with E-state index in [0.29, 0.717) is 5.88 Å². The fourth-order valence-corrected chi connectivity index (χ4v) is 2.76. The van der Waals surface area contributed by atoms with Crippen LogP contribution in [-0.4, -0.2) is 22.9 Å². The summed E-state index contributed by atoms with van der Waals surface area (Å²) in [6, 6.07) is 0. The molecule has 1 fully saturated rings. The van der Waals surface area contributed by atoms with Crippen LogP contribution >= 0.6 is 22.9 Å². The van der Waals surface area contributed by atoms with Crippen LogP contribution in [0.25, 0.3) is 0 Å². The molecule has 1 aliphatic rings. The van der Waals surface area contributed by atoms with Crippen LogP contribution in [0.1, 0.15) is 29.3 Å². The molecule has 5 heteroatoms. The Morgan fingerprint density at radius 1 is 1.43 bits per heavy atom. The number of hydrogen-bond acceptors (Lipinski definition) is 4. The van der Waals surface area contributed by atoms with Gasteiger partial charge in [-0.2, -0.15) is 0 Å². The molecule has 0 bridgehead atoms. The number of alkyl halides is 1. The summed E-state index contributed by atoms with van der Waals surface area (Å²) in [5.41, 5.74) is 0.0448. The van der Waals surface area contributed by atoms with Gasteiger partial charge in [-0.3, -0.25) is 0 Å². The first-order chi connectivity index (χ1) is 6.78. The smallest absolute Gasteiger partial charge is 0.132 e. The highest BCUT2D eigenvalue weighted by Gasteiger charge is 2.38. The van der Waals surface area contributed by atoms with Crippen molar-refractivity contribution in [1.29, 1.82) is 0 Å². The van der Waals surface area contributed by atoms with Gasteiger partial charge in [0.05, 0.1) is 11.5 Å². The molecule has 1 heterocycles. The van der Waals surface area contributed by atoms with Crippen molar-refractivity contribution in [2.75, 3.05) is 7.11 Å². The van der Waals surface area contributed by atoms with E-state index < -0.39 is 0 Å². The maximum Gasteiger partial charge on any atom is 0.132 e. The highest BCUT2D eigenvalue weighted by Crippen LogP contribution is 2.38. The lowest BCUT2D eigenvalue weighted by Gasteiger charge is -2.39. The number of hydrogen-bond donors (Lipinski definition) is 0. The Balaban J connectivity index is 2.02. The van der Waals surface area contributed by atoms with Crippen LogP contribution in [0.2, 0.25) is 0 Å². The maximum atomic E-state index is 5.67. The first-order valence-corrected chi connectivity index (χ1v) is 6.05. The van der Waals surface area contributed by atoms with E-state index >= 15 is 0 Å². The van der Waals surface area contributed by atoms with Crippen molar-refractivity contribution < 1.29 is 4.74 Å². The number of methoxy groups -OCH3 is 1. The predicted octanol–water partition coefficient (Wildman–Crippen LogP) is 2.39. The lowest BCUT2D eigenvalue weighted by molar-refractivity contribution is -0.0709. The van der Waals surface area contributed by atoms with Gasteiger partial charge in [0.1, 0.15) is 10.0 Å². The molecule has 1 aromatic heterocycles. The van der Waals surface area contributed by atoms with E-state index in [0.717, 1.165) is 29.3 Å². The Bertz CT molecular complexity index is 306. The van der Waals surface area contributed by atoms with Gasteiger partial charge < -0.3 is 4.74 Å². The fourth-order valence-electron chi connectivity index (χ4n) is 1.71. The standard InChI is InChI=1S/C9H13ClN2OS/c1-13-9(3-2-4-9)5-7-11-12-8(6-10)14-7/h2-6H2,1H3. The normalized spacial score (nSPS) is 19.3. The molecule has 2 rings (SSSR count). The molecule has 14 heavy (non-hydrogen) atoms. The van der Waals surface area contributed by atoms with Crippen LogP contribution in [0.4, 0.5) is 0 Å². The Kier molecular flexibility index (Phi) is 3.04. The Morgan fingerprint density at radius 3 is 2.57 bits per heavy atom. The van der Waals surface area contributed by atoms with Gasteiger partial charge in [-0.15, -0.1) is 33.1 Å². The molecule has 0 atom stereocenters. The third kappa shape index (κ3) is 1.92. The van der Waals surface area contributed by atoms with Crippen LogP contribution in [0.15, 0.2) is 0 Å². The molecule has 0 aliphatic heterocycles. The first kappa shape index (κ1) is 10.3. The van der Waals surface area contributed by atoms with Crippen molar-refractivity contribution in [3.05, 3.63) is 10.0 Å². The lowest BCUT2D eigenvalue weighted by Crippen LogP contribution is -2.41. The zero-order chi connectivity index (χ0) is 10.0. The largest absolute Gasteiger partial charge is 0.378 e. The number of nitrogens with zero attached hydrogens (tertiary/aromatic N) is 2. The minimum Gasteiger partial charge on any atom is -0.378 e. The molecule has 0 saturated heterocycles. The average molecular weight is 233 g/mol. The van der Waals surface area contributed by atoms with Crippen molar-refractivity contribution >= 4 is 22.9 Å². The van der Waals surface area contributed by atoms with Gasteiger partial charge in [-0.25, -0.2) is 0 Å². The minimum atomic E-state index is 0.0448. The van der Waals surface area contributed by atoms with Crippen LogP contribution in [0.3, 0.4) is 0 Å². The molecule has 1 aliphatic carbocycles. The fraction of sp³-hybridized carbons (Fsp3) is 0.778.